The SMILES string of the molecule is CC(C)NCC1(CN(C)Cc2cccc(Br)c2)CCCC1. The van der Waals surface area contributed by atoms with Gasteiger partial charge in [-0.1, -0.05) is 54.8 Å². The molecular weight excluding hydrogens is 324 g/mol. The fourth-order valence-electron chi connectivity index (χ4n) is 3.51. The fraction of sp³-hybridized carbons (Fsp3) is 0.667. The predicted molar refractivity (Wildman–Crippen MR) is 94.5 cm³/mol. The number of hydrogen-bond acceptors (Lipinski definition) is 2. The van der Waals surface area contributed by atoms with E-state index in [-0.39, 0.29) is 0 Å². The third-order valence-corrected chi connectivity index (χ3v) is 4.99. The second-order valence-corrected chi connectivity index (χ2v) is 7.96. The summed E-state index contributed by atoms with van der Waals surface area (Å²) < 4.78 is 1.17. The third kappa shape index (κ3) is 5.39. The van der Waals surface area contributed by atoms with E-state index in [2.05, 4.69) is 71.3 Å². The minimum absolute atomic E-state index is 0.477. The summed E-state index contributed by atoms with van der Waals surface area (Å²) in [7, 11) is 2.26. The lowest BCUT2D eigenvalue weighted by Gasteiger charge is -2.34. The first-order valence-electron chi connectivity index (χ1n) is 8.15. The zero-order valence-electron chi connectivity index (χ0n) is 13.7. The molecule has 1 aliphatic rings. The van der Waals surface area contributed by atoms with Crippen molar-refractivity contribution in [3.05, 3.63) is 34.3 Å². The Balaban J connectivity index is 1.93. The van der Waals surface area contributed by atoms with Crippen LogP contribution in [0.5, 0.6) is 0 Å². The van der Waals surface area contributed by atoms with Gasteiger partial charge >= 0.3 is 0 Å². The largest absolute Gasteiger partial charge is 0.314 e. The summed E-state index contributed by atoms with van der Waals surface area (Å²) in [4.78, 5) is 2.50. The Kier molecular flexibility index (Phi) is 6.27. The second-order valence-electron chi connectivity index (χ2n) is 7.04. The molecule has 3 heteroatoms. The van der Waals surface area contributed by atoms with Gasteiger partial charge in [-0.3, -0.25) is 0 Å². The molecular formula is C18H29BrN2. The maximum absolute atomic E-state index is 3.67. The summed E-state index contributed by atoms with van der Waals surface area (Å²) in [6.45, 7) is 7.87. The molecule has 0 atom stereocenters. The van der Waals surface area contributed by atoms with E-state index in [1.165, 1.54) is 42.3 Å². The summed E-state index contributed by atoms with van der Waals surface area (Å²) in [5.74, 6) is 0. The van der Waals surface area contributed by atoms with Crippen LogP contribution in [0.25, 0.3) is 0 Å². The van der Waals surface area contributed by atoms with Crippen LogP contribution in [0.4, 0.5) is 0 Å². The molecule has 0 heterocycles. The predicted octanol–water partition coefficient (Wildman–Crippen LogP) is 4.44. The van der Waals surface area contributed by atoms with Crippen LogP contribution >= 0.6 is 15.9 Å². The van der Waals surface area contributed by atoms with E-state index in [9.17, 15) is 0 Å². The van der Waals surface area contributed by atoms with Crippen LogP contribution in [-0.4, -0.2) is 31.1 Å². The lowest BCUT2D eigenvalue weighted by atomic mass is 9.85. The first kappa shape index (κ1) is 17.0. The molecule has 0 spiro atoms. The average Bonchev–Trinajstić information content (AvgIpc) is 2.85. The van der Waals surface area contributed by atoms with Crippen LogP contribution in [0.1, 0.15) is 45.1 Å². The van der Waals surface area contributed by atoms with Crippen molar-refractivity contribution in [2.45, 2.75) is 52.1 Å². The molecule has 0 aromatic heterocycles. The van der Waals surface area contributed by atoms with Gasteiger partial charge in [-0.2, -0.15) is 0 Å². The number of hydrogen-bond donors (Lipinski definition) is 1. The van der Waals surface area contributed by atoms with Crippen LogP contribution in [0, 0.1) is 5.41 Å². The summed E-state index contributed by atoms with van der Waals surface area (Å²) in [5.41, 5.74) is 1.86. The van der Waals surface area contributed by atoms with Crippen molar-refractivity contribution in [1.82, 2.24) is 10.2 Å². The number of halogens is 1. The smallest absolute Gasteiger partial charge is 0.0231 e. The summed E-state index contributed by atoms with van der Waals surface area (Å²) >= 11 is 3.56. The Hall–Kier alpha value is -0.380. The van der Waals surface area contributed by atoms with Crippen LogP contribution in [0.2, 0.25) is 0 Å². The normalized spacial score (nSPS) is 17.8. The molecule has 2 rings (SSSR count). The maximum atomic E-state index is 3.67. The molecule has 118 valence electrons. The summed E-state index contributed by atoms with van der Waals surface area (Å²) in [6.07, 6.45) is 5.53. The molecule has 21 heavy (non-hydrogen) atoms. The van der Waals surface area contributed by atoms with Gasteiger partial charge in [0, 0.05) is 30.1 Å². The van der Waals surface area contributed by atoms with Crippen molar-refractivity contribution in [3.63, 3.8) is 0 Å². The summed E-state index contributed by atoms with van der Waals surface area (Å²) in [6, 6.07) is 9.24. The third-order valence-electron chi connectivity index (χ3n) is 4.50. The molecule has 0 bridgehead atoms. The molecule has 1 N–H and O–H groups in total. The number of benzene rings is 1. The van der Waals surface area contributed by atoms with Crippen molar-refractivity contribution < 1.29 is 0 Å². The highest BCUT2D eigenvalue weighted by atomic mass is 79.9. The Bertz CT molecular complexity index is 439. The van der Waals surface area contributed by atoms with Gasteiger partial charge in [0.05, 0.1) is 0 Å². The molecule has 1 aromatic rings. The monoisotopic (exact) mass is 352 g/mol. The Morgan fingerprint density at radius 3 is 2.62 bits per heavy atom. The topological polar surface area (TPSA) is 15.3 Å². The lowest BCUT2D eigenvalue weighted by Crippen LogP contribution is -2.43. The van der Waals surface area contributed by atoms with Crippen molar-refractivity contribution in [2.24, 2.45) is 5.41 Å². The van der Waals surface area contributed by atoms with E-state index >= 15 is 0 Å². The van der Waals surface area contributed by atoms with Crippen LogP contribution in [0.15, 0.2) is 28.7 Å². The Labute approximate surface area is 138 Å². The zero-order valence-corrected chi connectivity index (χ0v) is 15.2. The van der Waals surface area contributed by atoms with Gasteiger partial charge in [0.1, 0.15) is 0 Å². The average molecular weight is 353 g/mol. The highest BCUT2D eigenvalue weighted by molar-refractivity contribution is 9.10. The molecule has 1 aromatic carbocycles. The van der Waals surface area contributed by atoms with E-state index in [4.69, 9.17) is 0 Å². The molecule has 0 radical (unpaired) electrons. The van der Waals surface area contributed by atoms with Crippen molar-refractivity contribution in [3.8, 4) is 0 Å². The Morgan fingerprint density at radius 2 is 2.00 bits per heavy atom. The standard InChI is InChI=1S/C18H29BrN2/c1-15(2)20-13-18(9-4-5-10-18)14-21(3)12-16-7-6-8-17(19)11-16/h6-8,11,15,20H,4-5,9-10,12-14H2,1-3H3. The van der Waals surface area contributed by atoms with Gasteiger partial charge in [0.25, 0.3) is 0 Å². The molecule has 0 saturated heterocycles. The van der Waals surface area contributed by atoms with Crippen molar-refractivity contribution in [2.75, 3.05) is 20.1 Å². The number of nitrogens with one attached hydrogen (secondary N) is 1. The molecule has 1 fully saturated rings. The van der Waals surface area contributed by atoms with Gasteiger partial charge in [0.15, 0.2) is 0 Å². The number of rotatable bonds is 7. The second kappa shape index (κ2) is 7.75. The molecule has 0 amide bonds. The quantitative estimate of drug-likeness (QED) is 0.780. The van der Waals surface area contributed by atoms with Crippen LogP contribution in [-0.2, 0) is 6.54 Å². The molecule has 0 unspecified atom stereocenters. The number of nitrogens with zero attached hydrogens (tertiary/aromatic N) is 1. The molecule has 1 saturated carbocycles. The van der Waals surface area contributed by atoms with E-state index in [1.54, 1.807) is 0 Å². The van der Waals surface area contributed by atoms with E-state index in [0.717, 1.165) is 13.1 Å². The van der Waals surface area contributed by atoms with E-state index < -0.39 is 0 Å². The van der Waals surface area contributed by atoms with Crippen molar-refractivity contribution in [1.29, 1.82) is 0 Å². The van der Waals surface area contributed by atoms with E-state index in [1.807, 2.05) is 0 Å². The summed E-state index contributed by atoms with van der Waals surface area (Å²) in [5, 5.41) is 3.67. The maximum Gasteiger partial charge on any atom is 0.0231 e. The van der Waals surface area contributed by atoms with Gasteiger partial charge in [-0.15, -0.1) is 0 Å². The Morgan fingerprint density at radius 1 is 1.29 bits per heavy atom. The highest BCUT2D eigenvalue weighted by Gasteiger charge is 2.34. The van der Waals surface area contributed by atoms with Gasteiger partial charge < -0.3 is 10.2 Å². The lowest BCUT2D eigenvalue weighted by molar-refractivity contribution is 0.164. The first-order valence-corrected chi connectivity index (χ1v) is 8.95. The van der Waals surface area contributed by atoms with Crippen LogP contribution in [0.3, 0.4) is 0 Å². The highest BCUT2D eigenvalue weighted by Crippen LogP contribution is 2.38. The van der Waals surface area contributed by atoms with Crippen LogP contribution < -0.4 is 5.32 Å². The zero-order chi connectivity index (χ0) is 15.3. The molecule has 2 nitrogen and oxygen atoms in total. The molecule has 1 aliphatic carbocycles. The van der Waals surface area contributed by atoms with Crippen molar-refractivity contribution >= 4 is 15.9 Å². The van der Waals surface area contributed by atoms with Gasteiger partial charge in [-0.25, -0.2) is 0 Å². The van der Waals surface area contributed by atoms with E-state index in [0.29, 0.717) is 11.5 Å². The first-order chi connectivity index (χ1) is 9.99. The van der Waals surface area contributed by atoms with Gasteiger partial charge in [0.2, 0.25) is 0 Å². The minimum Gasteiger partial charge on any atom is -0.314 e. The minimum atomic E-state index is 0.477. The molecule has 0 aliphatic heterocycles. The fourth-order valence-corrected chi connectivity index (χ4v) is 3.96. The van der Waals surface area contributed by atoms with Gasteiger partial charge in [-0.05, 0) is 43.0 Å².